The number of anilines is 2. The highest BCUT2D eigenvalue weighted by atomic mass is 16.5. The van der Waals surface area contributed by atoms with Crippen LogP contribution in [0.2, 0.25) is 0 Å². The van der Waals surface area contributed by atoms with Gasteiger partial charge in [0.2, 0.25) is 0 Å². The van der Waals surface area contributed by atoms with Gasteiger partial charge in [-0.15, -0.1) is 0 Å². The van der Waals surface area contributed by atoms with E-state index in [1.165, 1.54) is 0 Å². The van der Waals surface area contributed by atoms with Crippen molar-refractivity contribution in [2.75, 3.05) is 26.0 Å². The minimum atomic E-state index is -0.114. The molecule has 23 heavy (non-hydrogen) atoms. The second-order valence-corrected chi connectivity index (χ2v) is 5.03. The van der Waals surface area contributed by atoms with Crippen molar-refractivity contribution in [2.45, 2.75) is 6.42 Å². The van der Waals surface area contributed by atoms with E-state index >= 15 is 0 Å². The number of para-hydroxylation sites is 1. The number of methoxy groups -OCH3 is 1. The maximum atomic E-state index is 12.5. The van der Waals surface area contributed by atoms with E-state index in [1.807, 2.05) is 48.5 Å². The lowest BCUT2D eigenvalue weighted by Gasteiger charge is -2.18. The number of nitrogens with zero attached hydrogens (tertiary/aromatic N) is 2. The average Bonchev–Trinajstić information content (AvgIpc) is 2.60. The standard InChI is InChI=1S/C18H19N3O2/c1-21(13-5-12-19)18(22)16-6-3-4-7-17(16)20-14-8-10-15(23-2)11-9-14/h3-4,6-11,20H,5,13H2,1-2H3. The molecule has 2 aromatic carbocycles. The molecule has 2 aromatic rings. The number of rotatable bonds is 6. The van der Waals surface area contributed by atoms with Crippen molar-refractivity contribution in [3.05, 3.63) is 54.1 Å². The molecule has 0 saturated heterocycles. The second kappa shape index (κ2) is 7.85. The highest BCUT2D eigenvalue weighted by molar-refractivity contribution is 6.00. The van der Waals surface area contributed by atoms with Gasteiger partial charge in [0.25, 0.3) is 5.91 Å². The van der Waals surface area contributed by atoms with Gasteiger partial charge in [-0.25, -0.2) is 0 Å². The second-order valence-electron chi connectivity index (χ2n) is 5.03. The number of nitrogens with one attached hydrogen (secondary N) is 1. The van der Waals surface area contributed by atoms with Gasteiger partial charge in [0.1, 0.15) is 5.75 Å². The zero-order chi connectivity index (χ0) is 16.7. The smallest absolute Gasteiger partial charge is 0.255 e. The maximum Gasteiger partial charge on any atom is 0.255 e. The molecule has 0 radical (unpaired) electrons. The Morgan fingerprint density at radius 3 is 2.57 bits per heavy atom. The van der Waals surface area contributed by atoms with E-state index in [4.69, 9.17) is 10.00 Å². The van der Waals surface area contributed by atoms with Gasteiger partial charge in [0, 0.05) is 19.3 Å². The van der Waals surface area contributed by atoms with E-state index in [1.54, 1.807) is 25.1 Å². The minimum Gasteiger partial charge on any atom is -0.497 e. The molecule has 0 aliphatic rings. The molecule has 0 aromatic heterocycles. The monoisotopic (exact) mass is 309 g/mol. The predicted molar refractivity (Wildman–Crippen MR) is 89.9 cm³/mol. The number of hydrogen-bond donors (Lipinski definition) is 1. The van der Waals surface area contributed by atoms with Gasteiger partial charge in [-0.3, -0.25) is 4.79 Å². The van der Waals surface area contributed by atoms with Crippen molar-refractivity contribution in [2.24, 2.45) is 0 Å². The number of carbonyl (C=O) groups excluding carboxylic acids is 1. The lowest BCUT2D eigenvalue weighted by molar-refractivity contribution is 0.0799. The van der Waals surface area contributed by atoms with Gasteiger partial charge >= 0.3 is 0 Å². The molecule has 1 amide bonds. The van der Waals surface area contributed by atoms with E-state index in [9.17, 15) is 4.79 Å². The Morgan fingerprint density at radius 1 is 1.22 bits per heavy atom. The van der Waals surface area contributed by atoms with Crippen molar-refractivity contribution in [1.29, 1.82) is 5.26 Å². The molecule has 0 atom stereocenters. The number of ether oxygens (including phenoxy) is 1. The van der Waals surface area contributed by atoms with Crippen molar-refractivity contribution >= 4 is 17.3 Å². The summed E-state index contributed by atoms with van der Waals surface area (Å²) in [4.78, 5) is 14.1. The van der Waals surface area contributed by atoms with E-state index in [0.717, 1.165) is 17.1 Å². The van der Waals surface area contributed by atoms with E-state index < -0.39 is 0 Å². The Bertz CT molecular complexity index is 705. The fraction of sp³-hybridized carbons (Fsp3) is 0.222. The normalized spacial score (nSPS) is 9.78. The third kappa shape index (κ3) is 4.24. The highest BCUT2D eigenvalue weighted by Crippen LogP contribution is 2.23. The quantitative estimate of drug-likeness (QED) is 0.888. The fourth-order valence-corrected chi connectivity index (χ4v) is 2.13. The van der Waals surface area contributed by atoms with Crippen LogP contribution in [0.3, 0.4) is 0 Å². The van der Waals surface area contributed by atoms with Crippen molar-refractivity contribution in [3.8, 4) is 11.8 Å². The molecule has 0 heterocycles. The Morgan fingerprint density at radius 2 is 1.91 bits per heavy atom. The molecule has 0 aliphatic carbocycles. The van der Waals surface area contributed by atoms with Crippen molar-refractivity contribution < 1.29 is 9.53 Å². The molecule has 0 spiro atoms. The maximum absolute atomic E-state index is 12.5. The molecular formula is C18H19N3O2. The van der Waals surface area contributed by atoms with Gasteiger partial charge in [-0.05, 0) is 36.4 Å². The summed E-state index contributed by atoms with van der Waals surface area (Å²) >= 11 is 0. The summed E-state index contributed by atoms with van der Waals surface area (Å²) < 4.78 is 5.14. The lowest BCUT2D eigenvalue weighted by atomic mass is 10.1. The largest absolute Gasteiger partial charge is 0.497 e. The van der Waals surface area contributed by atoms with Gasteiger partial charge in [0.15, 0.2) is 0 Å². The molecule has 5 nitrogen and oxygen atoms in total. The SMILES string of the molecule is COc1ccc(Nc2ccccc2C(=O)N(C)CCC#N)cc1. The van der Waals surface area contributed by atoms with Crippen LogP contribution < -0.4 is 10.1 Å². The first kappa shape index (κ1) is 16.4. The molecule has 0 fully saturated rings. The topological polar surface area (TPSA) is 65.4 Å². The van der Waals surface area contributed by atoms with Crippen LogP contribution in [0.25, 0.3) is 0 Å². The summed E-state index contributed by atoms with van der Waals surface area (Å²) in [5, 5.41) is 11.9. The zero-order valence-electron chi connectivity index (χ0n) is 13.2. The first-order chi connectivity index (χ1) is 11.2. The van der Waals surface area contributed by atoms with Gasteiger partial charge < -0.3 is 15.0 Å². The summed E-state index contributed by atoms with van der Waals surface area (Å²) in [6.07, 6.45) is 0.316. The first-order valence-electron chi connectivity index (χ1n) is 7.28. The Kier molecular flexibility index (Phi) is 5.59. The third-order valence-corrected chi connectivity index (χ3v) is 3.43. The molecule has 5 heteroatoms. The van der Waals surface area contributed by atoms with Crippen LogP contribution in [-0.4, -0.2) is 31.5 Å². The number of benzene rings is 2. The number of nitriles is 1. The summed E-state index contributed by atoms with van der Waals surface area (Å²) in [5.41, 5.74) is 2.17. The molecule has 0 unspecified atom stereocenters. The Labute approximate surface area is 136 Å². The highest BCUT2D eigenvalue weighted by Gasteiger charge is 2.15. The van der Waals surface area contributed by atoms with Gasteiger partial charge in [-0.1, -0.05) is 12.1 Å². The summed E-state index contributed by atoms with van der Waals surface area (Å²) in [5.74, 6) is 0.660. The molecule has 1 N–H and O–H groups in total. The van der Waals surface area contributed by atoms with Crippen LogP contribution in [0.5, 0.6) is 5.75 Å². The van der Waals surface area contributed by atoms with E-state index in [0.29, 0.717) is 18.5 Å². The predicted octanol–water partition coefficient (Wildman–Crippen LogP) is 3.42. The van der Waals surface area contributed by atoms with Gasteiger partial charge in [-0.2, -0.15) is 5.26 Å². The van der Waals surface area contributed by atoms with Crippen LogP contribution in [0.4, 0.5) is 11.4 Å². The molecule has 0 aliphatic heterocycles. The average molecular weight is 309 g/mol. The third-order valence-electron chi connectivity index (χ3n) is 3.43. The number of amides is 1. The fourth-order valence-electron chi connectivity index (χ4n) is 2.13. The Balaban J connectivity index is 2.19. The van der Waals surface area contributed by atoms with Crippen LogP contribution in [0.1, 0.15) is 16.8 Å². The van der Waals surface area contributed by atoms with E-state index in [2.05, 4.69) is 5.32 Å². The van der Waals surface area contributed by atoms with Crippen LogP contribution in [0, 0.1) is 11.3 Å². The van der Waals surface area contributed by atoms with Crippen LogP contribution >= 0.6 is 0 Å². The first-order valence-corrected chi connectivity index (χ1v) is 7.28. The Hall–Kier alpha value is -3.00. The molecule has 0 saturated carbocycles. The van der Waals surface area contributed by atoms with Gasteiger partial charge in [0.05, 0.1) is 30.9 Å². The summed E-state index contributed by atoms with van der Waals surface area (Å²) in [7, 11) is 3.32. The summed E-state index contributed by atoms with van der Waals surface area (Å²) in [6, 6.07) is 16.9. The van der Waals surface area contributed by atoms with Crippen molar-refractivity contribution in [1.82, 2.24) is 4.90 Å². The van der Waals surface area contributed by atoms with E-state index in [-0.39, 0.29) is 5.91 Å². The zero-order valence-corrected chi connectivity index (χ0v) is 13.2. The number of hydrogen-bond acceptors (Lipinski definition) is 4. The minimum absolute atomic E-state index is 0.114. The molecule has 2 rings (SSSR count). The van der Waals surface area contributed by atoms with Crippen LogP contribution in [0.15, 0.2) is 48.5 Å². The van der Waals surface area contributed by atoms with Crippen molar-refractivity contribution in [3.63, 3.8) is 0 Å². The lowest BCUT2D eigenvalue weighted by Crippen LogP contribution is -2.28. The molecule has 118 valence electrons. The molecule has 0 bridgehead atoms. The summed E-state index contributed by atoms with van der Waals surface area (Å²) in [6.45, 7) is 0.409. The molecular weight excluding hydrogens is 290 g/mol. The number of carbonyl (C=O) groups is 1. The van der Waals surface area contributed by atoms with Crippen LogP contribution in [-0.2, 0) is 0 Å².